The predicted molar refractivity (Wildman–Crippen MR) is 91.8 cm³/mol. The molecule has 1 amide bonds. The Balaban J connectivity index is 1.49. The summed E-state index contributed by atoms with van der Waals surface area (Å²) >= 11 is 3.16. The number of nitrogens with zero attached hydrogens (tertiary/aromatic N) is 2. The number of nitrogens with one attached hydrogen (secondary N) is 1. The van der Waals surface area contributed by atoms with Crippen molar-refractivity contribution in [2.24, 2.45) is 0 Å². The molecule has 3 aromatic heterocycles. The summed E-state index contributed by atoms with van der Waals surface area (Å²) in [7, 11) is 0. The molecule has 0 fully saturated rings. The maximum atomic E-state index is 12.0. The van der Waals surface area contributed by atoms with Crippen LogP contribution in [0.2, 0.25) is 0 Å². The molecular formula is C17H10BrN3O4. The fourth-order valence-electron chi connectivity index (χ4n) is 2.16. The Kier molecular flexibility index (Phi) is 3.95. The molecule has 4 rings (SSSR count). The van der Waals surface area contributed by atoms with Gasteiger partial charge in [0.05, 0.1) is 6.26 Å². The van der Waals surface area contributed by atoms with E-state index in [1.165, 1.54) is 6.26 Å². The van der Waals surface area contributed by atoms with Crippen molar-refractivity contribution in [3.8, 4) is 23.1 Å². The van der Waals surface area contributed by atoms with Crippen molar-refractivity contribution in [3.05, 3.63) is 65.2 Å². The second-order valence-corrected chi connectivity index (χ2v) is 5.81. The minimum atomic E-state index is -0.337. The summed E-state index contributed by atoms with van der Waals surface area (Å²) in [6, 6.07) is 13.7. The monoisotopic (exact) mass is 399 g/mol. The predicted octanol–water partition coefficient (Wildman–Crippen LogP) is 4.60. The molecule has 1 N–H and O–H groups in total. The molecule has 0 bridgehead atoms. The normalized spacial score (nSPS) is 10.8. The molecule has 0 unspecified atom stereocenters. The maximum Gasteiger partial charge on any atom is 0.291 e. The second kappa shape index (κ2) is 6.40. The molecule has 7 nitrogen and oxygen atoms in total. The van der Waals surface area contributed by atoms with Crippen LogP contribution in [0.25, 0.3) is 23.1 Å². The van der Waals surface area contributed by atoms with E-state index in [2.05, 4.69) is 31.4 Å². The van der Waals surface area contributed by atoms with Gasteiger partial charge >= 0.3 is 0 Å². The molecule has 25 heavy (non-hydrogen) atoms. The Hall–Kier alpha value is -3.13. The van der Waals surface area contributed by atoms with Crippen LogP contribution in [0.4, 0.5) is 5.69 Å². The zero-order valence-electron chi connectivity index (χ0n) is 12.6. The van der Waals surface area contributed by atoms with E-state index in [9.17, 15) is 4.79 Å². The lowest BCUT2D eigenvalue weighted by molar-refractivity contribution is 0.0995. The summed E-state index contributed by atoms with van der Waals surface area (Å²) in [6.45, 7) is 0. The first-order valence-corrected chi connectivity index (χ1v) is 8.03. The number of aromatic nitrogens is 2. The molecular weight excluding hydrogens is 390 g/mol. The van der Waals surface area contributed by atoms with Crippen LogP contribution in [0.1, 0.15) is 10.6 Å². The van der Waals surface area contributed by atoms with Gasteiger partial charge < -0.3 is 18.6 Å². The Bertz CT molecular complexity index is 1000. The van der Waals surface area contributed by atoms with E-state index in [0.717, 1.165) is 5.56 Å². The summed E-state index contributed by atoms with van der Waals surface area (Å²) < 4.78 is 16.5. The van der Waals surface area contributed by atoms with Crippen molar-refractivity contribution < 1.29 is 18.0 Å². The molecule has 4 aromatic rings. The third-order valence-corrected chi connectivity index (χ3v) is 3.77. The quantitative estimate of drug-likeness (QED) is 0.538. The highest BCUT2D eigenvalue weighted by atomic mass is 79.9. The third kappa shape index (κ3) is 3.24. The lowest BCUT2D eigenvalue weighted by Crippen LogP contribution is -2.10. The number of hydrogen-bond acceptors (Lipinski definition) is 6. The van der Waals surface area contributed by atoms with Gasteiger partial charge in [0.15, 0.2) is 16.2 Å². The molecule has 0 aliphatic rings. The topological polar surface area (TPSA) is 94.3 Å². The number of carbonyl (C=O) groups excluding carboxylic acids is 1. The van der Waals surface area contributed by atoms with E-state index in [4.69, 9.17) is 13.3 Å². The standard InChI is InChI=1S/C17H10BrN3O4/c18-14-8-7-12(24-14)15(22)19-11-5-3-10(4-6-11)16-20-21-17(25-16)13-2-1-9-23-13/h1-9H,(H,19,22). The van der Waals surface area contributed by atoms with Crippen molar-refractivity contribution >= 4 is 27.5 Å². The van der Waals surface area contributed by atoms with Crippen molar-refractivity contribution in [2.75, 3.05) is 5.32 Å². The number of anilines is 1. The van der Waals surface area contributed by atoms with Crippen LogP contribution in [0, 0.1) is 0 Å². The molecule has 0 aliphatic heterocycles. The zero-order valence-corrected chi connectivity index (χ0v) is 14.2. The Morgan fingerprint density at radius 1 is 0.960 bits per heavy atom. The van der Waals surface area contributed by atoms with Gasteiger partial charge in [-0.05, 0) is 64.5 Å². The molecule has 0 aliphatic carbocycles. The van der Waals surface area contributed by atoms with E-state index in [1.54, 1.807) is 48.5 Å². The second-order valence-electron chi connectivity index (χ2n) is 5.02. The molecule has 1 aromatic carbocycles. The van der Waals surface area contributed by atoms with Crippen LogP contribution < -0.4 is 5.32 Å². The van der Waals surface area contributed by atoms with Crippen LogP contribution in [0.5, 0.6) is 0 Å². The van der Waals surface area contributed by atoms with Gasteiger partial charge in [0, 0.05) is 11.3 Å². The highest BCUT2D eigenvalue weighted by Gasteiger charge is 2.13. The summed E-state index contributed by atoms with van der Waals surface area (Å²) in [5, 5.41) is 10.7. The highest BCUT2D eigenvalue weighted by Crippen LogP contribution is 2.25. The molecule has 0 spiro atoms. The fourth-order valence-corrected chi connectivity index (χ4v) is 2.47. The van der Waals surface area contributed by atoms with Crippen molar-refractivity contribution in [3.63, 3.8) is 0 Å². The smallest absolute Gasteiger partial charge is 0.291 e. The number of hydrogen-bond donors (Lipinski definition) is 1. The van der Waals surface area contributed by atoms with E-state index < -0.39 is 0 Å². The average molecular weight is 400 g/mol. The zero-order chi connectivity index (χ0) is 17.2. The van der Waals surface area contributed by atoms with Crippen LogP contribution in [-0.4, -0.2) is 16.1 Å². The van der Waals surface area contributed by atoms with Gasteiger partial charge in [0.25, 0.3) is 11.8 Å². The maximum absolute atomic E-state index is 12.0. The van der Waals surface area contributed by atoms with Crippen molar-refractivity contribution in [1.29, 1.82) is 0 Å². The number of halogens is 1. The number of furan rings is 2. The Morgan fingerprint density at radius 2 is 1.76 bits per heavy atom. The summed E-state index contributed by atoms with van der Waals surface area (Å²) in [5.41, 5.74) is 1.34. The van der Waals surface area contributed by atoms with Gasteiger partial charge in [-0.15, -0.1) is 10.2 Å². The van der Waals surface area contributed by atoms with Gasteiger partial charge in [-0.1, -0.05) is 0 Å². The number of benzene rings is 1. The van der Waals surface area contributed by atoms with Crippen molar-refractivity contribution in [1.82, 2.24) is 10.2 Å². The lowest BCUT2D eigenvalue weighted by Gasteiger charge is -2.03. The minimum Gasteiger partial charge on any atom is -0.459 e. The van der Waals surface area contributed by atoms with Crippen LogP contribution in [-0.2, 0) is 0 Å². The van der Waals surface area contributed by atoms with Gasteiger partial charge in [-0.25, -0.2) is 0 Å². The van der Waals surface area contributed by atoms with Crippen LogP contribution >= 0.6 is 15.9 Å². The molecule has 0 saturated carbocycles. The van der Waals surface area contributed by atoms with Gasteiger partial charge in [0.1, 0.15) is 0 Å². The average Bonchev–Trinajstić information content (AvgIpc) is 3.36. The minimum absolute atomic E-state index is 0.218. The lowest BCUT2D eigenvalue weighted by atomic mass is 10.2. The first-order valence-electron chi connectivity index (χ1n) is 7.23. The van der Waals surface area contributed by atoms with Gasteiger partial charge in [0.2, 0.25) is 5.89 Å². The third-order valence-electron chi connectivity index (χ3n) is 3.34. The molecule has 8 heteroatoms. The Labute approximate surface area is 149 Å². The number of rotatable bonds is 4. The molecule has 3 heterocycles. The molecule has 124 valence electrons. The number of carbonyl (C=O) groups is 1. The molecule has 0 saturated heterocycles. The van der Waals surface area contributed by atoms with Crippen LogP contribution in [0.3, 0.4) is 0 Å². The Morgan fingerprint density at radius 3 is 2.44 bits per heavy atom. The molecule has 0 atom stereocenters. The fraction of sp³-hybridized carbons (Fsp3) is 0. The SMILES string of the molecule is O=C(Nc1ccc(-c2nnc(-c3ccco3)o2)cc1)c1ccc(Br)o1. The van der Waals surface area contributed by atoms with Gasteiger partial charge in [-0.2, -0.15) is 0 Å². The molecule has 0 radical (unpaired) electrons. The van der Waals surface area contributed by atoms with E-state index in [0.29, 0.717) is 27.9 Å². The number of amides is 1. The summed E-state index contributed by atoms with van der Waals surface area (Å²) in [6.07, 6.45) is 1.54. The van der Waals surface area contributed by atoms with Crippen LogP contribution in [0.15, 0.2) is 72.7 Å². The summed E-state index contributed by atoms with van der Waals surface area (Å²) in [4.78, 5) is 12.0. The first kappa shape index (κ1) is 15.4. The largest absolute Gasteiger partial charge is 0.459 e. The van der Waals surface area contributed by atoms with Gasteiger partial charge in [-0.3, -0.25) is 4.79 Å². The first-order chi connectivity index (χ1) is 12.2. The van der Waals surface area contributed by atoms with E-state index >= 15 is 0 Å². The summed E-state index contributed by atoms with van der Waals surface area (Å²) in [5.74, 6) is 1.06. The van der Waals surface area contributed by atoms with Crippen molar-refractivity contribution in [2.45, 2.75) is 0 Å². The van der Waals surface area contributed by atoms with E-state index in [-0.39, 0.29) is 11.7 Å². The highest BCUT2D eigenvalue weighted by molar-refractivity contribution is 9.10. The van der Waals surface area contributed by atoms with E-state index in [1.807, 2.05) is 0 Å².